The van der Waals surface area contributed by atoms with E-state index >= 15 is 0 Å². The van der Waals surface area contributed by atoms with Crippen LogP contribution in [0, 0.1) is 11.5 Å². The maximum absolute atomic E-state index is 9.25. The average molecular weight is 478 g/mol. The van der Waals surface area contributed by atoms with Gasteiger partial charge in [0, 0.05) is 42.5 Å². The predicted molar refractivity (Wildman–Crippen MR) is 135 cm³/mol. The minimum Gasteiger partial charge on any atom is -0.493 e. The molecule has 0 spiro atoms. The number of fused-ring (bicyclic) bond motifs is 1. The highest BCUT2D eigenvalue weighted by molar-refractivity contribution is 7.98. The highest BCUT2D eigenvalue weighted by Gasteiger charge is 2.23. The van der Waals surface area contributed by atoms with Crippen molar-refractivity contribution in [3.63, 3.8) is 0 Å². The molecule has 0 saturated carbocycles. The molecule has 34 heavy (non-hydrogen) atoms. The third-order valence-corrected chi connectivity index (χ3v) is 6.48. The lowest BCUT2D eigenvalue weighted by molar-refractivity contribution is 0.355. The number of benzene rings is 2. The molecule has 10 heteroatoms. The smallest absolute Gasteiger partial charge is 0.207 e. The van der Waals surface area contributed by atoms with Gasteiger partial charge in [0.25, 0.3) is 0 Å². The molecule has 9 nitrogen and oxygen atoms in total. The fourth-order valence-corrected chi connectivity index (χ4v) is 4.33. The second kappa shape index (κ2) is 10.9. The van der Waals surface area contributed by atoms with E-state index in [1.165, 1.54) is 4.90 Å². The molecule has 1 saturated heterocycles. The van der Waals surface area contributed by atoms with Crippen molar-refractivity contribution >= 4 is 34.4 Å². The molecule has 2 heterocycles. The Morgan fingerprint density at radius 3 is 2.44 bits per heavy atom. The fourth-order valence-electron chi connectivity index (χ4n) is 3.92. The SMILES string of the molecule is COc1cc2ncnc(N3CCN(C(=NCc4ccc(SC)cc4)NC#N)CC3)c2cc1OC. The molecule has 1 aliphatic rings. The number of anilines is 1. The van der Waals surface area contributed by atoms with Gasteiger partial charge in [0.2, 0.25) is 5.96 Å². The number of thioether (sulfide) groups is 1. The zero-order chi connectivity index (χ0) is 23.9. The first-order valence-corrected chi connectivity index (χ1v) is 12.1. The first kappa shape index (κ1) is 23.4. The Morgan fingerprint density at radius 1 is 1.09 bits per heavy atom. The van der Waals surface area contributed by atoms with Crippen molar-refractivity contribution in [3.05, 3.63) is 48.3 Å². The minimum atomic E-state index is 0.511. The Bertz CT molecular complexity index is 1200. The molecule has 0 amide bonds. The van der Waals surface area contributed by atoms with Crippen LogP contribution in [-0.4, -0.2) is 67.5 Å². The van der Waals surface area contributed by atoms with Crippen molar-refractivity contribution in [2.75, 3.05) is 51.6 Å². The Labute approximate surface area is 203 Å². The minimum absolute atomic E-state index is 0.511. The Morgan fingerprint density at radius 2 is 1.79 bits per heavy atom. The number of nitrogens with one attached hydrogen (secondary N) is 1. The van der Waals surface area contributed by atoms with Crippen LogP contribution in [0.5, 0.6) is 11.5 Å². The third kappa shape index (κ3) is 5.10. The van der Waals surface area contributed by atoms with Crippen molar-refractivity contribution in [1.29, 1.82) is 5.26 Å². The van der Waals surface area contributed by atoms with Crippen LogP contribution in [0.2, 0.25) is 0 Å². The zero-order valence-electron chi connectivity index (χ0n) is 19.5. The summed E-state index contributed by atoms with van der Waals surface area (Å²) in [7, 11) is 3.23. The predicted octanol–water partition coefficient (Wildman–Crippen LogP) is 3.12. The normalized spacial score (nSPS) is 14.1. The lowest BCUT2D eigenvalue weighted by atomic mass is 10.2. The topological polar surface area (TPSA) is 98.9 Å². The number of nitriles is 1. The van der Waals surface area contributed by atoms with E-state index in [2.05, 4.69) is 60.6 Å². The number of aromatic nitrogens is 2. The van der Waals surface area contributed by atoms with E-state index in [1.54, 1.807) is 32.3 Å². The van der Waals surface area contributed by atoms with Gasteiger partial charge in [-0.25, -0.2) is 15.0 Å². The summed E-state index contributed by atoms with van der Waals surface area (Å²) in [6, 6.07) is 12.1. The molecule has 0 bridgehead atoms. The molecule has 4 rings (SSSR count). The summed E-state index contributed by atoms with van der Waals surface area (Å²) in [5.41, 5.74) is 1.90. The molecule has 1 fully saturated rings. The highest BCUT2D eigenvalue weighted by atomic mass is 32.2. The fraction of sp³-hybridized carbons (Fsp3) is 0.333. The van der Waals surface area contributed by atoms with Gasteiger partial charge in [0.15, 0.2) is 17.7 Å². The monoisotopic (exact) mass is 477 g/mol. The zero-order valence-corrected chi connectivity index (χ0v) is 20.3. The number of hydrogen-bond donors (Lipinski definition) is 1. The molecule has 3 aromatic rings. The molecule has 0 atom stereocenters. The van der Waals surface area contributed by atoms with Crippen molar-refractivity contribution < 1.29 is 9.47 Å². The molecule has 176 valence electrons. The Balaban J connectivity index is 1.49. The molecule has 0 radical (unpaired) electrons. The van der Waals surface area contributed by atoms with Gasteiger partial charge in [-0.05, 0) is 30.0 Å². The van der Waals surface area contributed by atoms with E-state index in [1.807, 2.05) is 18.3 Å². The number of rotatable bonds is 6. The lowest BCUT2D eigenvalue weighted by Crippen LogP contribution is -2.52. The summed E-state index contributed by atoms with van der Waals surface area (Å²) < 4.78 is 10.9. The van der Waals surface area contributed by atoms with Gasteiger partial charge < -0.3 is 19.3 Å². The second-order valence-corrected chi connectivity index (χ2v) is 8.50. The molecule has 1 N–H and O–H groups in total. The molecule has 0 unspecified atom stereocenters. The molecule has 1 aromatic heterocycles. The summed E-state index contributed by atoms with van der Waals surface area (Å²) in [5.74, 6) is 2.72. The van der Waals surface area contributed by atoms with Crippen LogP contribution in [-0.2, 0) is 6.54 Å². The number of methoxy groups -OCH3 is 2. The second-order valence-electron chi connectivity index (χ2n) is 7.62. The van der Waals surface area contributed by atoms with Crippen LogP contribution in [0.15, 0.2) is 52.6 Å². The van der Waals surface area contributed by atoms with E-state index in [0.717, 1.165) is 35.4 Å². The number of hydrogen-bond acceptors (Lipinski definition) is 8. The number of aliphatic imine (C=N–C) groups is 1. The highest BCUT2D eigenvalue weighted by Crippen LogP contribution is 2.34. The number of nitrogens with zero attached hydrogens (tertiary/aromatic N) is 6. The standard InChI is InChI=1S/C24H27N7O2S/c1-32-21-12-19-20(13-22(21)33-2)28-16-29-23(19)30-8-10-31(11-9-30)24(27-15-25)26-14-17-4-6-18(34-3)7-5-17/h4-7,12-13,16H,8-11,14H2,1-3H3,(H,26,27). The van der Waals surface area contributed by atoms with Gasteiger partial charge in [-0.2, -0.15) is 5.26 Å². The van der Waals surface area contributed by atoms with Gasteiger partial charge >= 0.3 is 0 Å². The number of guanidine groups is 1. The average Bonchev–Trinajstić information content (AvgIpc) is 2.90. The summed E-state index contributed by atoms with van der Waals surface area (Å²) in [5, 5.41) is 12.9. The van der Waals surface area contributed by atoms with Crippen LogP contribution < -0.4 is 19.7 Å². The van der Waals surface area contributed by atoms with Crippen LogP contribution in [0.4, 0.5) is 5.82 Å². The summed E-state index contributed by atoms with van der Waals surface area (Å²) in [4.78, 5) is 19.2. The summed E-state index contributed by atoms with van der Waals surface area (Å²) in [6.45, 7) is 3.39. The van der Waals surface area contributed by atoms with Crippen LogP contribution in [0.25, 0.3) is 10.9 Å². The first-order chi connectivity index (χ1) is 16.7. The maximum atomic E-state index is 9.25. The Kier molecular flexibility index (Phi) is 7.54. The van der Waals surface area contributed by atoms with E-state index in [-0.39, 0.29) is 0 Å². The quantitative estimate of drug-likeness (QED) is 0.189. The van der Waals surface area contributed by atoms with E-state index in [9.17, 15) is 5.26 Å². The van der Waals surface area contributed by atoms with E-state index in [0.29, 0.717) is 37.1 Å². The van der Waals surface area contributed by atoms with E-state index < -0.39 is 0 Å². The largest absolute Gasteiger partial charge is 0.493 e. The van der Waals surface area contributed by atoms with Crippen LogP contribution >= 0.6 is 11.8 Å². The number of ether oxygens (including phenoxy) is 2. The summed E-state index contributed by atoms with van der Waals surface area (Å²) >= 11 is 1.71. The molecule has 1 aliphatic heterocycles. The van der Waals surface area contributed by atoms with Gasteiger partial charge in [0.1, 0.15) is 12.1 Å². The third-order valence-electron chi connectivity index (χ3n) is 5.74. The Hall–Kier alpha value is -3.71. The van der Waals surface area contributed by atoms with Gasteiger partial charge in [-0.15, -0.1) is 11.8 Å². The van der Waals surface area contributed by atoms with E-state index in [4.69, 9.17) is 9.47 Å². The van der Waals surface area contributed by atoms with Crippen LogP contribution in [0.3, 0.4) is 0 Å². The summed E-state index contributed by atoms with van der Waals surface area (Å²) in [6.07, 6.45) is 5.65. The number of piperazine rings is 1. The maximum Gasteiger partial charge on any atom is 0.207 e. The molecular weight excluding hydrogens is 450 g/mol. The molecular formula is C24H27N7O2S. The van der Waals surface area contributed by atoms with Gasteiger partial charge in [0.05, 0.1) is 26.3 Å². The van der Waals surface area contributed by atoms with Crippen molar-refractivity contribution in [2.24, 2.45) is 4.99 Å². The van der Waals surface area contributed by atoms with Crippen molar-refractivity contribution in [1.82, 2.24) is 20.2 Å². The lowest BCUT2D eigenvalue weighted by Gasteiger charge is -2.36. The van der Waals surface area contributed by atoms with Crippen LogP contribution in [0.1, 0.15) is 5.56 Å². The molecule has 0 aliphatic carbocycles. The van der Waals surface area contributed by atoms with Crippen molar-refractivity contribution in [2.45, 2.75) is 11.4 Å². The van der Waals surface area contributed by atoms with Crippen molar-refractivity contribution in [3.8, 4) is 17.7 Å². The molecule has 2 aromatic carbocycles. The van der Waals surface area contributed by atoms with Gasteiger partial charge in [-0.3, -0.25) is 5.32 Å². The van der Waals surface area contributed by atoms with Gasteiger partial charge in [-0.1, -0.05) is 12.1 Å². The first-order valence-electron chi connectivity index (χ1n) is 10.9.